The Kier molecular flexibility index (Phi) is 5.35. The molecule has 3 rings (SSSR count). The molecular weight excluding hydrogens is 352 g/mol. The van der Waals surface area contributed by atoms with E-state index in [1.165, 1.54) is 12.1 Å². The normalized spacial score (nSPS) is 16.9. The highest BCUT2D eigenvalue weighted by Crippen LogP contribution is 2.35. The molecule has 0 saturated heterocycles. The Morgan fingerprint density at radius 1 is 1.15 bits per heavy atom. The first-order valence-electron chi connectivity index (χ1n) is 8.54. The van der Waals surface area contributed by atoms with Crippen molar-refractivity contribution in [1.82, 2.24) is 5.32 Å². The first-order chi connectivity index (χ1) is 12.9. The highest BCUT2D eigenvalue weighted by atomic mass is 19.2. The molecule has 0 fully saturated rings. The molecule has 27 heavy (non-hydrogen) atoms. The minimum atomic E-state index is -1.06. The fourth-order valence-electron chi connectivity index (χ4n) is 3.14. The summed E-state index contributed by atoms with van der Waals surface area (Å²) in [6.07, 6.45) is -0.160. The van der Waals surface area contributed by atoms with Crippen molar-refractivity contribution in [2.45, 2.75) is 32.8 Å². The lowest BCUT2D eigenvalue weighted by Gasteiger charge is -2.27. The zero-order valence-corrected chi connectivity index (χ0v) is 15.0. The number of carbonyl (C=O) groups is 2. The second kappa shape index (κ2) is 7.70. The van der Waals surface area contributed by atoms with E-state index in [0.29, 0.717) is 0 Å². The Morgan fingerprint density at radius 2 is 1.85 bits per heavy atom. The number of halogens is 2. The molecule has 2 aromatic carbocycles. The summed E-state index contributed by atoms with van der Waals surface area (Å²) in [4.78, 5) is 24.6. The zero-order chi connectivity index (χ0) is 19.6. The highest BCUT2D eigenvalue weighted by Gasteiger charge is 2.34. The van der Waals surface area contributed by atoms with Crippen molar-refractivity contribution in [3.8, 4) is 0 Å². The molecule has 0 saturated carbocycles. The maximum Gasteiger partial charge on any atom is 0.336 e. The van der Waals surface area contributed by atoms with Gasteiger partial charge in [-0.1, -0.05) is 42.0 Å². The summed E-state index contributed by atoms with van der Waals surface area (Å²) >= 11 is 0. The van der Waals surface area contributed by atoms with E-state index in [1.807, 2.05) is 31.2 Å². The van der Waals surface area contributed by atoms with Crippen LogP contribution >= 0.6 is 0 Å². The van der Waals surface area contributed by atoms with E-state index in [0.717, 1.165) is 17.2 Å². The number of rotatable bonds is 4. The largest absolute Gasteiger partial charge is 0.457 e. The number of nitrogens with one attached hydrogen (secondary N) is 1. The maximum atomic E-state index is 14.3. The molecule has 1 amide bonds. The molecule has 6 heteroatoms. The van der Waals surface area contributed by atoms with Gasteiger partial charge in [-0.2, -0.15) is 0 Å². The summed E-state index contributed by atoms with van der Waals surface area (Å²) in [7, 11) is 0. The summed E-state index contributed by atoms with van der Waals surface area (Å²) in [5.41, 5.74) is 2.27. The number of ether oxygens (including phenoxy) is 1. The van der Waals surface area contributed by atoms with Crippen LogP contribution in [0.3, 0.4) is 0 Å². The molecule has 0 unspecified atom stereocenters. The van der Waals surface area contributed by atoms with E-state index in [9.17, 15) is 18.4 Å². The number of hydrogen-bond donors (Lipinski definition) is 1. The summed E-state index contributed by atoms with van der Waals surface area (Å²) in [5.74, 6) is -4.02. The van der Waals surface area contributed by atoms with Crippen molar-refractivity contribution in [2.24, 2.45) is 0 Å². The van der Waals surface area contributed by atoms with Crippen LogP contribution in [0.5, 0.6) is 0 Å². The van der Waals surface area contributed by atoms with Crippen molar-refractivity contribution >= 4 is 11.9 Å². The second-order valence-corrected chi connectivity index (χ2v) is 6.55. The third-order valence-electron chi connectivity index (χ3n) is 4.54. The van der Waals surface area contributed by atoms with Crippen molar-refractivity contribution in [2.75, 3.05) is 0 Å². The predicted octanol–water partition coefficient (Wildman–Crippen LogP) is 3.89. The first kappa shape index (κ1) is 18.8. The second-order valence-electron chi connectivity index (χ2n) is 6.55. The fourth-order valence-corrected chi connectivity index (χ4v) is 3.14. The van der Waals surface area contributed by atoms with Crippen molar-refractivity contribution in [1.29, 1.82) is 0 Å². The Bertz CT molecular complexity index is 920. The number of amides is 1. The van der Waals surface area contributed by atoms with Crippen molar-refractivity contribution in [3.05, 3.63) is 82.1 Å². The van der Waals surface area contributed by atoms with Gasteiger partial charge < -0.3 is 10.1 Å². The lowest BCUT2D eigenvalue weighted by Crippen LogP contribution is -2.34. The van der Waals surface area contributed by atoms with Crippen LogP contribution in [0.2, 0.25) is 0 Å². The van der Waals surface area contributed by atoms with E-state index in [-0.39, 0.29) is 35.8 Å². The number of aryl methyl sites for hydroxylation is 1. The van der Waals surface area contributed by atoms with Crippen LogP contribution in [0.15, 0.2) is 53.7 Å². The van der Waals surface area contributed by atoms with E-state index < -0.39 is 23.5 Å². The Hall–Kier alpha value is -3.02. The molecule has 1 N–H and O–H groups in total. The first-order valence-corrected chi connectivity index (χ1v) is 8.54. The van der Waals surface area contributed by atoms with E-state index in [4.69, 9.17) is 4.74 Å². The highest BCUT2D eigenvalue weighted by molar-refractivity contribution is 5.95. The molecule has 0 radical (unpaired) electrons. The maximum absolute atomic E-state index is 14.3. The van der Waals surface area contributed by atoms with Gasteiger partial charge in [-0.15, -0.1) is 0 Å². The van der Waals surface area contributed by atoms with E-state index in [2.05, 4.69) is 5.32 Å². The molecule has 0 bridgehead atoms. The van der Waals surface area contributed by atoms with Crippen LogP contribution in [0.1, 0.15) is 36.0 Å². The van der Waals surface area contributed by atoms with E-state index >= 15 is 0 Å². The number of hydrogen-bond acceptors (Lipinski definition) is 3. The van der Waals surface area contributed by atoms with Crippen LogP contribution in [0.25, 0.3) is 0 Å². The summed E-state index contributed by atoms with van der Waals surface area (Å²) in [5, 5.41) is 2.57. The van der Waals surface area contributed by atoms with Crippen LogP contribution in [0.4, 0.5) is 8.78 Å². The predicted molar refractivity (Wildman–Crippen MR) is 95.5 cm³/mol. The Morgan fingerprint density at radius 3 is 2.56 bits per heavy atom. The standard InChI is InChI=1S/C21H19F2NO3/c1-12-6-8-14(9-7-12)11-27-21(26)19-13(2)24-18(25)10-16(19)15-4-3-5-17(22)20(15)23/h3-9,16H,10-11H2,1-2H3,(H,24,25)/t16-/m1/s1. The molecule has 0 aromatic heterocycles. The minimum Gasteiger partial charge on any atom is -0.457 e. The van der Waals surface area contributed by atoms with Crippen molar-refractivity contribution < 1.29 is 23.1 Å². The quantitative estimate of drug-likeness (QED) is 0.830. The fraction of sp³-hybridized carbons (Fsp3) is 0.238. The molecule has 1 aliphatic rings. The lowest BCUT2D eigenvalue weighted by atomic mass is 9.84. The monoisotopic (exact) mass is 371 g/mol. The van der Waals surface area contributed by atoms with Gasteiger partial charge in [0.25, 0.3) is 0 Å². The van der Waals surface area contributed by atoms with E-state index in [1.54, 1.807) is 6.92 Å². The third kappa shape index (κ3) is 4.05. The van der Waals surface area contributed by atoms with Gasteiger partial charge in [0.15, 0.2) is 11.6 Å². The average Bonchev–Trinajstić information content (AvgIpc) is 2.62. The third-order valence-corrected chi connectivity index (χ3v) is 4.54. The van der Waals surface area contributed by atoms with Gasteiger partial charge in [0.05, 0.1) is 5.57 Å². The summed E-state index contributed by atoms with van der Waals surface area (Å²) in [6.45, 7) is 3.54. The molecule has 1 heterocycles. The van der Waals surface area contributed by atoms with Gasteiger partial charge in [-0.3, -0.25) is 4.79 Å². The lowest BCUT2D eigenvalue weighted by molar-refractivity contribution is -0.141. The van der Waals surface area contributed by atoms with Crippen molar-refractivity contribution in [3.63, 3.8) is 0 Å². The zero-order valence-electron chi connectivity index (χ0n) is 15.0. The molecule has 2 aromatic rings. The summed E-state index contributed by atoms with van der Waals surface area (Å²) < 4.78 is 33.3. The van der Waals surface area contributed by atoms with Crippen LogP contribution in [-0.4, -0.2) is 11.9 Å². The van der Waals surface area contributed by atoms with Gasteiger partial charge in [0.1, 0.15) is 6.61 Å². The van der Waals surface area contributed by atoms with Crippen LogP contribution < -0.4 is 5.32 Å². The van der Waals surface area contributed by atoms with Crippen LogP contribution in [0, 0.1) is 18.6 Å². The molecule has 0 aliphatic carbocycles. The van der Waals surface area contributed by atoms with Gasteiger partial charge in [0, 0.05) is 18.0 Å². The number of carbonyl (C=O) groups excluding carboxylic acids is 2. The van der Waals surface area contributed by atoms with Gasteiger partial charge in [-0.25, -0.2) is 13.6 Å². The SMILES string of the molecule is CC1=C(C(=O)OCc2ccc(C)cc2)[C@@H](c2cccc(F)c2F)CC(=O)N1. The number of benzene rings is 2. The smallest absolute Gasteiger partial charge is 0.336 e. The number of esters is 1. The topological polar surface area (TPSA) is 55.4 Å². The molecular formula is C21H19F2NO3. The van der Waals surface area contributed by atoms with Gasteiger partial charge >= 0.3 is 5.97 Å². The van der Waals surface area contributed by atoms with Gasteiger partial charge in [-0.05, 0) is 31.0 Å². The molecule has 1 atom stereocenters. The average molecular weight is 371 g/mol. The Balaban J connectivity index is 1.88. The van der Waals surface area contributed by atoms with Gasteiger partial charge in [0.2, 0.25) is 5.91 Å². The molecule has 140 valence electrons. The number of allylic oxidation sites excluding steroid dienone is 1. The molecule has 1 aliphatic heterocycles. The Labute approximate surface area is 155 Å². The molecule has 0 spiro atoms. The minimum absolute atomic E-state index is 0.0357. The van der Waals surface area contributed by atoms with Crippen LogP contribution in [-0.2, 0) is 20.9 Å². The molecule has 4 nitrogen and oxygen atoms in total. The summed E-state index contributed by atoms with van der Waals surface area (Å²) in [6, 6.07) is 11.2.